The Hall–Kier alpha value is -3.33. The molecule has 54 heavy (non-hydrogen) atoms. The summed E-state index contributed by atoms with van der Waals surface area (Å²) in [5, 5.41) is 3.40. The number of likely N-dealkylation sites (tertiary alicyclic amines) is 1. The number of aromatic nitrogens is 2. The average molecular weight is 760 g/mol. The largest absolute Gasteiger partial charge is 0.464 e. The van der Waals surface area contributed by atoms with E-state index in [1.165, 1.54) is 10.6 Å². The van der Waals surface area contributed by atoms with E-state index in [2.05, 4.69) is 67.0 Å². The number of amides is 1. The quantitative estimate of drug-likeness (QED) is 0.306. The fourth-order valence-corrected chi connectivity index (χ4v) is 9.53. The molecule has 1 aromatic carbocycles. The molecule has 3 N–H and O–H groups in total. The average Bonchev–Trinajstić information content (AvgIpc) is 3.79. The zero-order valence-electron chi connectivity index (χ0n) is 32.7. The molecule has 2 saturated heterocycles. The molecule has 6 heterocycles. The predicted molar refractivity (Wildman–Crippen MR) is 213 cm³/mol. The summed E-state index contributed by atoms with van der Waals surface area (Å²) in [4.78, 5) is 40.1. The van der Waals surface area contributed by atoms with Gasteiger partial charge in [-0.25, -0.2) is 5.43 Å². The predicted octanol–water partition coefficient (Wildman–Crippen LogP) is 5.29. The maximum absolute atomic E-state index is 14.1. The number of fused-ring (bicyclic) bond motifs is 5. The molecule has 4 aliphatic rings. The molecule has 1 unspecified atom stereocenters. The van der Waals surface area contributed by atoms with Gasteiger partial charge in [-0.3, -0.25) is 24.6 Å². The summed E-state index contributed by atoms with van der Waals surface area (Å²) in [6.07, 6.45) is 4.86. The Morgan fingerprint density at radius 1 is 1.15 bits per heavy atom. The SMILES string of the molecule is CCn1c(-c2cccnc2[C@H](C)OC)c2c3cc(ccc31)C1CSC(=N1)[C@@H](OCC1CCN(C)CC1)[C@H](N)C(=O)N1CCC[C@H](N1)C(=O)OCC(C)(C)C2. The number of esters is 1. The molecule has 3 aromatic rings. The molecule has 7 rings (SSSR count). The van der Waals surface area contributed by atoms with Gasteiger partial charge in [0.25, 0.3) is 5.91 Å². The first kappa shape index (κ1) is 38.9. The molecule has 4 aliphatic heterocycles. The van der Waals surface area contributed by atoms with Crippen molar-refractivity contribution in [2.45, 2.75) is 96.7 Å². The first-order valence-corrected chi connectivity index (χ1v) is 20.6. The second-order valence-electron chi connectivity index (χ2n) is 16.2. The third kappa shape index (κ3) is 7.99. The van der Waals surface area contributed by atoms with Gasteiger partial charge in [0.15, 0.2) is 0 Å². The molecule has 0 radical (unpaired) electrons. The molecule has 2 aromatic heterocycles. The lowest BCUT2D eigenvalue weighted by Gasteiger charge is -2.36. The van der Waals surface area contributed by atoms with Crippen LogP contribution in [-0.2, 0) is 36.8 Å². The van der Waals surface area contributed by atoms with Crippen LogP contribution >= 0.6 is 11.8 Å². The summed E-state index contributed by atoms with van der Waals surface area (Å²) < 4.78 is 20.9. The molecule has 0 spiro atoms. The van der Waals surface area contributed by atoms with E-state index in [0.29, 0.717) is 38.3 Å². The van der Waals surface area contributed by atoms with Crippen LogP contribution < -0.4 is 11.2 Å². The van der Waals surface area contributed by atoms with Crippen molar-refractivity contribution >= 4 is 39.6 Å². The molecule has 5 atom stereocenters. The second-order valence-corrected chi connectivity index (χ2v) is 17.3. The summed E-state index contributed by atoms with van der Waals surface area (Å²) in [5.74, 6) is 0.445. The Kier molecular flexibility index (Phi) is 11.8. The Balaban J connectivity index is 1.34. The highest BCUT2D eigenvalue weighted by atomic mass is 32.2. The van der Waals surface area contributed by atoms with E-state index in [-0.39, 0.29) is 30.6 Å². The van der Waals surface area contributed by atoms with Crippen LogP contribution in [0.1, 0.15) is 82.3 Å². The molecule has 1 amide bonds. The number of carbonyl (C=O) groups is 2. The maximum atomic E-state index is 14.1. The molecule has 13 heteroatoms. The number of nitrogens with one attached hydrogen (secondary N) is 1. The number of nitrogens with zero attached hydrogens (tertiary/aromatic N) is 5. The third-order valence-corrected chi connectivity index (χ3v) is 12.7. The van der Waals surface area contributed by atoms with Crippen LogP contribution in [-0.4, -0.2) is 107 Å². The number of hydrogen-bond donors (Lipinski definition) is 2. The standard InChI is InChI=1S/C41H57N7O5S/c1-7-47-33-13-12-27-20-29(33)30(36(47)28-10-8-16-43-35(28)25(2)51-6)21-41(3,4)24-53-40(50)31-11-9-17-48(45-31)39(49)34(42)37(38-44-32(27)23-54-38)52-22-26-14-18-46(5)19-15-26/h8,10,12-13,16,20,25-26,31-32,34,37,45H,7,9,11,14-15,17-19,21-24,42H2,1-6H3/t25-,31-,32?,34-,37-/m0/s1. The fourth-order valence-electron chi connectivity index (χ4n) is 8.35. The van der Waals surface area contributed by atoms with E-state index in [4.69, 9.17) is 29.9 Å². The lowest BCUT2D eigenvalue weighted by Crippen LogP contribution is -2.62. The summed E-state index contributed by atoms with van der Waals surface area (Å²) in [6.45, 7) is 12.5. The molecule has 6 bridgehead atoms. The van der Waals surface area contributed by atoms with Gasteiger partial charge in [0.05, 0.1) is 41.8 Å². The summed E-state index contributed by atoms with van der Waals surface area (Å²) >= 11 is 1.63. The van der Waals surface area contributed by atoms with Crippen molar-refractivity contribution in [3.63, 3.8) is 0 Å². The summed E-state index contributed by atoms with van der Waals surface area (Å²) in [6, 6.07) is 9.04. The van der Waals surface area contributed by atoms with Crippen molar-refractivity contribution in [2.24, 2.45) is 22.1 Å². The van der Waals surface area contributed by atoms with Gasteiger partial charge in [-0.05, 0) is 107 Å². The fraction of sp³-hybridized carbons (Fsp3) is 0.610. The molecular weight excluding hydrogens is 703 g/mol. The van der Waals surface area contributed by atoms with Crippen LogP contribution in [0, 0.1) is 11.3 Å². The molecule has 0 aliphatic carbocycles. The highest BCUT2D eigenvalue weighted by Gasteiger charge is 2.40. The minimum absolute atomic E-state index is 0.125. The van der Waals surface area contributed by atoms with Crippen LogP contribution in [0.15, 0.2) is 41.5 Å². The van der Waals surface area contributed by atoms with Gasteiger partial charge in [0, 0.05) is 54.0 Å². The van der Waals surface area contributed by atoms with Crippen LogP contribution in [0.5, 0.6) is 0 Å². The Bertz CT molecular complexity index is 1870. The number of cyclic esters (lactones) is 1. The van der Waals surface area contributed by atoms with E-state index in [0.717, 1.165) is 76.7 Å². The second kappa shape index (κ2) is 16.4. The Labute approximate surface area is 323 Å². The van der Waals surface area contributed by atoms with Gasteiger partial charge in [0.1, 0.15) is 18.2 Å². The number of carbonyl (C=O) groups excluding carboxylic acids is 2. The number of rotatable bonds is 7. The van der Waals surface area contributed by atoms with E-state index >= 15 is 0 Å². The van der Waals surface area contributed by atoms with Crippen molar-refractivity contribution in [3.8, 4) is 11.3 Å². The van der Waals surface area contributed by atoms with Crippen LogP contribution in [0.2, 0.25) is 0 Å². The smallest absolute Gasteiger partial charge is 0.324 e. The van der Waals surface area contributed by atoms with Crippen molar-refractivity contribution in [1.82, 2.24) is 24.9 Å². The summed E-state index contributed by atoms with van der Waals surface area (Å²) in [5.41, 5.74) is 16.0. The van der Waals surface area contributed by atoms with E-state index < -0.39 is 23.6 Å². The minimum atomic E-state index is -0.986. The number of benzene rings is 1. The zero-order valence-corrected chi connectivity index (χ0v) is 33.5. The number of pyridine rings is 1. The lowest BCUT2D eigenvalue weighted by atomic mass is 9.84. The number of ether oxygens (including phenoxy) is 3. The number of hydrazine groups is 1. The normalized spacial score (nSPS) is 26.4. The van der Waals surface area contributed by atoms with Gasteiger partial charge >= 0.3 is 5.97 Å². The van der Waals surface area contributed by atoms with Gasteiger partial charge in [-0.15, -0.1) is 11.8 Å². The number of piperidine rings is 1. The minimum Gasteiger partial charge on any atom is -0.464 e. The van der Waals surface area contributed by atoms with E-state index in [1.54, 1.807) is 18.9 Å². The number of nitrogens with two attached hydrogens (primary N) is 1. The van der Waals surface area contributed by atoms with Gasteiger partial charge in [-0.1, -0.05) is 19.9 Å². The highest BCUT2D eigenvalue weighted by Crippen LogP contribution is 2.43. The molecule has 2 fully saturated rings. The highest BCUT2D eigenvalue weighted by molar-refractivity contribution is 8.14. The molecule has 292 valence electrons. The Morgan fingerprint density at radius 2 is 1.94 bits per heavy atom. The molecule has 0 saturated carbocycles. The first-order valence-electron chi connectivity index (χ1n) is 19.6. The number of hydrogen-bond acceptors (Lipinski definition) is 11. The summed E-state index contributed by atoms with van der Waals surface area (Å²) in [7, 11) is 3.86. The number of aliphatic imine (C=N–C) groups is 1. The number of methoxy groups -OCH3 is 1. The van der Waals surface area contributed by atoms with Crippen molar-refractivity contribution in [2.75, 3.05) is 52.8 Å². The third-order valence-electron chi connectivity index (χ3n) is 11.6. The number of aryl methyl sites for hydroxylation is 1. The first-order chi connectivity index (χ1) is 26.0. The monoisotopic (exact) mass is 759 g/mol. The lowest BCUT2D eigenvalue weighted by molar-refractivity contribution is -0.155. The van der Waals surface area contributed by atoms with Crippen LogP contribution in [0.3, 0.4) is 0 Å². The van der Waals surface area contributed by atoms with E-state index in [1.807, 2.05) is 19.2 Å². The van der Waals surface area contributed by atoms with Crippen molar-refractivity contribution < 1.29 is 23.8 Å². The van der Waals surface area contributed by atoms with Gasteiger partial charge in [0.2, 0.25) is 0 Å². The van der Waals surface area contributed by atoms with Crippen LogP contribution in [0.25, 0.3) is 22.2 Å². The maximum Gasteiger partial charge on any atom is 0.324 e. The van der Waals surface area contributed by atoms with E-state index in [9.17, 15) is 9.59 Å². The Morgan fingerprint density at radius 3 is 2.70 bits per heavy atom. The van der Waals surface area contributed by atoms with Crippen LogP contribution in [0.4, 0.5) is 0 Å². The van der Waals surface area contributed by atoms with Gasteiger partial charge < -0.3 is 29.4 Å². The van der Waals surface area contributed by atoms with Crippen molar-refractivity contribution in [3.05, 3.63) is 53.3 Å². The zero-order chi connectivity index (χ0) is 38.1. The topological polar surface area (TPSA) is 137 Å². The molecule has 12 nitrogen and oxygen atoms in total. The number of thioether (sulfide) groups is 1. The molecular formula is C41H57N7O5S. The van der Waals surface area contributed by atoms with Crippen molar-refractivity contribution in [1.29, 1.82) is 0 Å². The van der Waals surface area contributed by atoms with Gasteiger partial charge in [-0.2, -0.15) is 0 Å².